The van der Waals surface area contributed by atoms with Crippen molar-refractivity contribution in [1.82, 2.24) is 0 Å². The second-order valence-corrected chi connectivity index (χ2v) is 6.69. The molecule has 0 bridgehead atoms. The van der Waals surface area contributed by atoms with E-state index in [1.807, 2.05) is 0 Å². The minimum absolute atomic E-state index is 0.100. The molecular weight excluding hydrogens is 246 g/mol. The normalized spacial score (nSPS) is 25.1. The number of rotatable bonds is 3. The topological polar surface area (TPSA) is 20.3 Å². The first-order valence-corrected chi connectivity index (χ1v) is 8.05. The second-order valence-electron chi connectivity index (χ2n) is 6.69. The Bertz CT molecular complexity index is 476. The lowest BCUT2D eigenvalue weighted by molar-refractivity contribution is -0.117. The minimum atomic E-state index is -0.100. The first-order valence-electron chi connectivity index (χ1n) is 8.05. The highest BCUT2D eigenvalue weighted by Crippen LogP contribution is 2.39. The molecular formula is C18H25NO. The average molecular weight is 271 g/mol. The number of hydrogen-bond acceptors (Lipinski definition) is 2. The lowest BCUT2D eigenvalue weighted by atomic mass is 9.74. The monoisotopic (exact) mass is 271 g/mol. The molecule has 0 saturated heterocycles. The fraction of sp³-hybridized carbons (Fsp3) is 0.611. The van der Waals surface area contributed by atoms with Crippen molar-refractivity contribution in [2.45, 2.75) is 57.9 Å². The molecule has 0 radical (unpaired) electrons. The molecule has 1 heterocycles. The first kappa shape index (κ1) is 13.7. The van der Waals surface area contributed by atoms with Crippen molar-refractivity contribution in [3.8, 4) is 0 Å². The molecule has 1 aliphatic heterocycles. The highest BCUT2D eigenvalue weighted by atomic mass is 16.1. The average Bonchev–Trinajstić information content (AvgIpc) is 2.51. The zero-order chi connectivity index (χ0) is 14.0. The van der Waals surface area contributed by atoms with Crippen LogP contribution in [-0.2, 0) is 11.2 Å². The molecule has 0 amide bonds. The maximum absolute atomic E-state index is 11.7. The first-order chi connectivity index (χ1) is 9.74. The van der Waals surface area contributed by atoms with Crippen LogP contribution in [0.3, 0.4) is 0 Å². The van der Waals surface area contributed by atoms with Crippen molar-refractivity contribution in [3.63, 3.8) is 0 Å². The largest absolute Gasteiger partial charge is 0.368 e. The maximum atomic E-state index is 11.7. The van der Waals surface area contributed by atoms with Crippen molar-refractivity contribution in [3.05, 3.63) is 29.8 Å². The summed E-state index contributed by atoms with van der Waals surface area (Å²) in [5.41, 5.74) is 2.71. The minimum Gasteiger partial charge on any atom is -0.368 e. The van der Waals surface area contributed by atoms with E-state index >= 15 is 0 Å². The summed E-state index contributed by atoms with van der Waals surface area (Å²) in [6.45, 7) is 3.21. The van der Waals surface area contributed by atoms with Gasteiger partial charge in [0, 0.05) is 23.7 Å². The number of hydrogen-bond donors (Lipinski definition) is 0. The molecule has 0 N–H and O–H groups in total. The van der Waals surface area contributed by atoms with Gasteiger partial charge in [-0.3, -0.25) is 0 Å². The molecule has 0 spiro atoms. The Labute approximate surface area is 122 Å². The number of benzene rings is 1. The van der Waals surface area contributed by atoms with Gasteiger partial charge in [0.05, 0.1) is 0 Å². The number of aryl methyl sites for hydroxylation is 1. The predicted molar refractivity (Wildman–Crippen MR) is 83.2 cm³/mol. The van der Waals surface area contributed by atoms with Crippen LogP contribution in [0, 0.1) is 5.41 Å². The van der Waals surface area contributed by atoms with Crippen LogP contribution in [0.4, 0.5) is 5.69 Å². The van der Waals surface area contributed by atoms with Crippen molar-refractivity contribution in [2.24, 2.45) is 5.41 Å². The Balaban J connectivity index is 1.87. The molecule has 1 atom stereocenters. The van der Waals surface area contributed by atoms with Gasteiger partial charge < -0.3 is 9.69 Å². The summed E-state index contributed by atoms with van der Waals surface area (Å²) in [4.78, 5) is 14.2. The van der Waals surface area contributed by atoms with Gasteiger partial charge in [0.15, 0.2) is 0 Å². The molecule has 0 aromatic heterocycles. The van der Waals surface area contributed by atoms with Gasteiger partial charge in [-0.15, -0.1) is 0 Å². The number of anilines is 1. The van der Waals surface area contributed by atoms with E-state index in [0.717, 1.165) is 19.4 Å². The summed E-state index contributed by atoms with van der Waals surface area (Å²) < 4.78 is 0. The lowest BCUT2D eigenvalue weighted by Gasteiger charge is -2.43. The Kier molecular flexibility index (Phi) is 3.82. The van der Waals surface area contributed by atoms with Crippen LogP contribution in [-0.4, -0.2) is 18.9 Å². The van der Waals surface area contributed by atoms with E-state index in [2.05, 4.69) is 36.1 Å². The van der Waals surface area contributed by atoms with Crippen LogP contribution < -0.4 is 4.90 Å². The highest BCUT2D eigenvalue weighted by Gasteiger charge is 2.36. The Morgan fingerprint density at radius 3 is 2.75 bits per heavy atom. The fourth-order valence-electron chi connectivity index (χ4n) is 3.91. The molecule has 3 rings (SSSR count). The van der Waals surface area contributed by atoms with Crippen molar-refractivity contribution >= 4 is 12.0 Å². The van der Waals surface area contributed by atoms with Gasteiger partial charge >= 0.3 is 0 Å². The summed E-state index contributed by atoms with van der Waals surface area (Å²) in [5.74, 6) is 0. The molecule has 1 aliphatic carbocycles. The lowest BCUT2D eigenvalue weighted by Crippen LogP contribution is -2.46. The Morgan fingerprint density at radius 1 is 1.25 bits per heavy atom. The van der Waals surface area contributed by atoms with Crippen LogP contribution >= 0.6 is 0 Å². The molecule has 108 valence electrons. The van der Waals surface area contributed by atoms with Crippen LogP contribution in [0.15, 0.2) is 24.3 Å². The van der Waals surface area contributed by atoms with Crippen molar-refractivity contribution in [2.75, 3.05) is 11.4 Å². The van der Waals surface area contributed by atoms with Crippen molar-refractivity contribution in [1.29, 1.82) is 0 Å². The number of nitrogens with zero attached hydrogens (tertiary/aromatic N) is 1. The summed E-state index contributed by atoms with van der Waals surface area (Å²) in [7, 11) is 0. The Hall–Kier alpha value is -1.31. The van der Waals surface area contributed by atoms with E-state index in [1.165, 1.54) is 49.6 Å². The van der Waals surface area contributed by atoms with Crippen molar-refractivity contribution < 1.29 is 4.79 Å². The molecule has 20 heavy (non-hydrogen) atoms. The summed E-state index contributed by atoms with van der Waals surface area (Å²) in [6, 6.07) is 9.26. The summed E-state index contributed by atoms with van der Waals surface area (Å²) >= 11 is 0. The molecule has 1 fully saturated rings. The summed E-state index contributed by atoms with van der Waals surface area (Å²) in [5, 5.41) is 0. The highest BCUT2D eigenvalue weighted by molar-refractivity contribution is 5.64. The van der Waals surface area contributed by atoms with E-state index in [-0.39, 0.29) is 5.41 Å². The summed E-state index contributed by atoms with van der Waals surface area (Å²) in [6.07, 6.45) is 9.49. The molecule has 2 heteroatoms. The molecule has 1 aromatic rings. The zero-order valence-corrected chi connectivity index (χ0v) is 12.5. The smallest absolute Gasteiger partial charge is 0.127 e. The third-order valence-electron chi connectivity index (χ3n) is 5.25. The molecule has 2 aliphatic rings. The van der Waals surface area contributed by atoms with Gasteiger partial charge in [-0.05, 0) is 44.2 Å². The zero-order valence-electron chi connectivity index (χ0n) is 12.5. The van der Waals surface area contributed by atoms with E-state index < -0.39 is 0 Å². The molecule has 2 nitrogen and oxygen atoms in total. The third-order valence-corrected chi connectivity index (χ3v) is 5.25. The number of aldehydes is 1. The fourth-order valence-corrected chi connectivity index (χ4v) is 3.91. The number of para-hydroxylation sites is 1. The number of carbonyl (C=O) groups excluding carboxylic acids is 1. The Morgan fingerprint density at radius 2 is 2.00 bits per heavy atom. The second kappa shape index (κ2) is 5.59. The van der Waals surface area contributed by atoms with E-state index in [1.54, 1.807) is 0 Å². The van der Waals surface area contributed by atoms with Crippen LogP contribution in [0.1, 0.15) is 51.0 Å². The third kappa shape index (κ3) is 2.48. The van der Waals surface area contributed by atoms with E-state index in [9.17, 15) is 4.79 Å². The van der Waals surface area contributed by atoms with Gasteiger partial charge in [-0.2, -0.15) is 0 Å². The van der Waals surface area contributed by atoms with Gasteiger partial charge in [-0.1, -0.05) is 37.5 Å². The SMILES string of the molecule is CC1CCc2ccccc2N1CC1(C=O)CCCCC1. The van der Waals surface area contributed by atoms with E-state index in [4.69, 9.17) is 0 Å². The standard InChI is InChI=1S/C18H25NO/c1-15-9-10-16-7-3-4-8-17(16)19(15)13-18(14-20)11-5-2-6-12-18/h3-4,7-8,14-15H,2,5-6,9-13H2,1H3. The van der Waals surface area contributed by atoms with Gasteiger partial charge in [-0.25, -0.2) is 0 Å². The molecule has 1 unspecified atom stereocenters. The quantitative estimate of drug-likeness (QED) is 0.775. The predicted octanol–water partition coefficient (Wildman–Crippen LogP) is 3.98. The van der Waals surface area contributed by atoms with Crippen LogP contribution in [0.2, 0.25) is 0 Å². The van der Waals surface area contributed by atoms with E-state index in [0.29, 0.717) is 6.04 Å². The number of fused-ring (bicyclic) bond motifs is 1. The molecule has 1 saturated carbocycles. The van der Waals surface area contributed by atoms with Gasteiger partial charge in [0.25, 0.3) is 0 Å². The van der Waals surface area contributed by atoms with Crippen LogP contribution in [0.5, 0.6) is 0 Å². The number of carbonyl (C=O) groups is 1. The van der Waals surface area contributed by atoms with Gasteiger partial charge in [0.1, 0.15) is 6.29 Å². The molecule has 1 aromatic carbocycles. The maximum Gasteiger partial charge on any atom is 0.127 e. The van der Waals surface area contributed by atoms with Gasteiger partial charge in [0.2, 0.25) is 0 Å². The van der Waals surface area contributed by atoms with Crippen LogP contribution in [0.25, 0.3) is 0 Å².